The molecular weight excluding hydrogens is 410 g/mol. The van der Waals surface area contributed by atoms with Gasteiger partial charge in [-0.15, -0.1) is 10.2 Å². The molecule has 1 amide bonds. The maximum atomic E-state index is 12.5. The summed E-state index contributed by atoms with van der Waals surface area (Å²) in [4.78, 5) is 14.9. The van der Waals surface area contributed by atoms with E-state index in [2.05, 4.69) is 37.1 Å². The van der Waals surface area contributed by atoms with E-state index in [1.54, 1.807) is 7.11 Å². The summed E-state index contributed by atoms with van der Waals surface area (Å²) in [5, 5.41) is 12.6. The zero-order chi connectivity index (χ0) is 21.5. The second-order valence-electron chi connectivity index (χ2n) is 7.52. The Kier molecular flexibility index (Phi) is 7.22. The number of methoxy groups -OCH3 is 1. The second-order valence-corrected chi connectivity index (χ2v) is 8.46. The second kappa shape index (κ2) is 10.5. The van der Waals surface area contributed by atoms with Gasteiger partial charge in [-0.3, -0.25) is 9.69 Å². The van der Waals surface area contributed by atoms with Crippen molar-refractivity contribution < 1.29 is 9.53 Å². The molecule has 1 aromatic heterocycles. The first-order chi connectivity index (χ1) is 15.2. The molecule has 0 atom stereocenters. The number of rotatable bonds is 9. The Balaban J connectivity index is 1.43. The molecule has 7 nitrogen and oxygen atoms in total. The lowest BCUT2D eigenvalue weighted by molar-refractivity contribution is -0.113. The molecule has 8 heteroatoms. The fourth-order valence-electron chi connectivity index (χ4n) is 3.61. The molecular formula is C23H27N5O2S. The number of ether oxygens (including phenoxy) is 1. The predicted molar refractivity (Wildman–Crippen MR) is 122 cm³/mol. The van der Waals surface area contributed by atoms with Crippen LogP contribution in [0.4, 0.5) is 5.69 Å². The lowest BCUT2D eigenvalue weighted by Gasteiger charge is -2.16. The molecule has 1 aliphatic rings. The van der Waals surface area contributed by atoms with E-state index >= 15 is 0 Å². The number of thioether (sulfide) groups is 1. The van der Waals surface area contributed by atoms with Gasteiger partial charge in [0, 0.05) is 5.69 Å². The van der Waals surface area contributed by atoms with Gasteiger partial charge in [0.15, 0.2) is 5.16 Å². The Morgan fingerprint density at radius 2 is 1.77 bits per heavy atom. The summed E-state index contributed by atoms with van der Waals surface area (Å²) >= 11 is 1.41. The molecule has 1 aliphatic heterocycles. The first kappa shape index (κ1) is 21.4. The number of carbonyl (C=O) groups is 1. The van der Waals surface area contributed by atoms with E-state index in [4.69, 9.17) is 4.74 Å². The van der Waals surface area contributed by atoms with Crippen molar-refractivity contribution >= 4 is 23.4 Å². The summed E-state index contributed by atoms with van der Waals surface area (Å²) < 4.78 is 7.29. The summed E-state index contributed by atoms with van der Waals surface area (Å²) in [5.74, 6) is 1.89. The molecule has 0 saturated carbocycles. The van der Waals surface area contributed by atoms with Crippen molar-refractivity contribution in [3.05, 3.63) is 66.0 Å². The molecule has 0 spiro atoms. The van der Waals surface area contributed by atoms with Crippen LogP contribution in [0, 0.1) is 0 Å². The quantitative estimate of drug-likeness (QED) is 0.515. The van der Waals surface area contributed by atoms with Crippen molar-refractivity contribution in [3.63, 3.8) is 0 Å². The van der Waals surface area contributed by atoms with Gasteiger partial charge in [-0.25, -0.2) is 0 Å². The van der Waals surface area contributed by atoms with Gasteiger partial charge >= 0.3 is 0 Å². The van der Waals surface area contributed by atoms with Crippen molar-refractivity contribution in [3.8, 4) is 5.75 Å². The molecule has 2 aromatic carbocycles. The van der Waals surface area contributed by atoms with E-state index < -0.39 is 0 Å². The number of amides is 1. The highest BCUT2D eigenvalue weighted by molar-refractivity contribution is 7.99. The number of likely N-dealkylation sites (tertiary alicyclic amines) is 1. The normalized spacial score (nSPS) is 14.0. The highest BCUT2D eigenvalue weighted by Gasteiger charge is 2.19. The van der Waals surface area contributed by atoms with E-state index in [0.717, 1.165) is 42.1 Å². The maximum Gasteiger partial charge on any atom is 0.234 e. The van der Waals surface area contributed by atoms with Gasteiger partial charge in [0.2, 0.25) is 5.91 Å². The van der Waals surface area contributed by atoms with Crippen molar-refractivity contribution in [2.75, 3.05) is 31.3 Å². The van der Waals surface area contributed by atoms with Crippen LogP contribution in [0.25, 0.3) is 0 Å². The van der Waals surface area contributed by atoms with Gasteiger partial charge < -0.3 is 14.6 Å². The number of nitrogens with one attached hydrogen (secondary N) is 1. The van der Waals surface area contributed by atoms with Crippen LogP contribution >= 0.6 is 11.8 Å². The van der Waals surface area contributed by atoms with E-state index in [-0.39, 0.29) is 11.7 Å². The zero-order valence-corrected chi connectivity index (χ0v) is 18.5. The van der Waals surface area contributed by atoms with Crippen LogP contribution < -0.4 is 10.1 Å². The Hall–Kier alpha value is -2.84. The molecule has 31 heavy (non-hydrogen) atoms. The van der Waals surface area contributed by atoms with Crippen LogP contribution in [0.15, 0.2) is 59.8 Å². The minimum Gasteiger partial charge on any atom is -0.497 e. The minimum atomic E-state index is -0.0782. The molecule has 4 rings (SSSR count). The average Bonchev–Trinajstić information content (AvgIpc) is 3.44. The third-order valence-corrected chi connectivity index (χ3v) is 6.21. The van der Waals surface area contributed by atoms with Gasteiger partial charge in [-0.1, -0.05) is 42.1 Å². The number of nitrogens with zero attached hydrogens (tertiary/aromatic N) is 4. The highest BCUT2D eigenvalue weighted by atomic mass is 32.2. The maximum absolute atomic E-state index is 12.5. The Labute approximate surface area is 186 Å². The average molecular weight is 438 g/mol. The number of hydrogen-bond acceptors (Lipinski definition) is 6. The van der Waals surface area contributed by atoms with Gasteiger partial charge in [0.05, 0.1) is 26.0 Å². The molecule has 0 aliphatic carbocycles. The zero-order valence-electron chi connectivity index (χ0n) is 17.7. The van der Waals surface area contributed by atoms with Gasteiger partial charge in [0.25, 0.3) is 0 Å². The van der Waals surface area contributed by atoms with Crippen LogP contribution in [0.2, 0.25) is 0 Å². The van der Waals surface area contributed by atoms with Gasteiger partial charge in [0.1, 0.15) is 11.6 Å². The molecule has 1 N–H and O–H groups in total. The van der Waals surface area contributed by atoms with E-state index in [9.17, 15) is 4.79 Å². The summed E-state index contributed by atoms with van der Waals surface area (Å²) in [6.45, 7) is 3.69. The number of aromatic nitrogens is 3. The Morgan fingerprint density at radius 3 is 2.48 bits per heavy atom. The fourth-order valence-corrected chi connectivity index (χ4v) is 4.37. The summed E-state index contributed by atoms with van der Waals surface area (Å²) in [5.41, 5.74) is 1.93. The summed E-state index contributed by atoms with van der Waals surface area (Å²) in [7, 11) is 1.62. The molecule has 0 radical (unpaired) electrons. The number of hydrogen-bond donors (Lipinski definition) is 1. The fraction of sp³-hybridized carbons (Fsp3) is 0.348. The van der Waals surface area contributed by atoms with E-state index in [1.165, 1.54) is 30.2 Å². The van der Waals surface area contributed by atoms with Crippen molar-refractivity contribution in [1.29, 1.82) is 0 Å². The highest BCUT2D eigenvalue weighted by Crippen LogP contribution is 2.22. The first-order valence-electron chi connectivity index (χ1n) is 10.5. The minimum absolute atomic E-state index is 0.0782. The lowest BCUT2D eigenvalue weighted by atomic mass is 10.2. The Bertz CT molecular complexity index is 985. The monoisotopic (exact) mass is 437 g/mol. The van der Waals surface area contributed by atoms with E-state index in [0.29, 0.717) is 6.54 Å². The molecule has 3 aromatic rings. The summed E-state index contributed by atoms with van der Waals surface area (Å²) in [6, 6.07) is 17.6. The van der Waals surface area contributed by atoms with Crippen LogP contribution in [0.3, 0.4) is 0 Å². The van der Waals surface area contributed by atoms with Gasteiger partial charge in [-0.05, 0) is 55.8 Å². The molecule has 2 heterocycles. The lowest BCUT2D eigenvalue weighted by Crippen LogP contribution is -2.22. The third-order valence-electron chi connectivity index (χ3n) is 5.25. The molecule has 0 bridgehead atoms. The van der Waals surface area contributed by atoms with Crippen LogP contribution in [-0.2, 0) is 17.9 Å². The van der Waals surface area contributed by atoms with Crippen molar-refractivity contribution in [2.45, 2.75) is 31.1 Å². The molecule has 1 saturated heterocycles. The van der Waals surface area contributed by atoms with Crippen LogP contribution in [0.5, 0.6) is 5.75 Å². The number of anilines is 1. The molecule has 162 valence electrons. The van der Waals surface area contributed by atoms with Crippen LogP contribution in [-0.4, -0.2) is 51.5 Å². The summed E-state index contributed by atoms with van der Waals surface area (Å²) in [6.07, 6.45) is 2.47. The smallest absolute Gasteiger partial charge is 0.234 e. The van der Waals surface area contributed by atoms with Crippen LogP contribution in [0.1, 0.15) is 24.2 Å². The van der Waals surface area contributed by atoms with Crippen molar-refractivity contribution in [2.24, 2.45) is 0 Å². The number of benzene rings is 2. The topological polar surface area (TPSA) is 72.3 Å². The molecule has 0 unspecified atom stereocenters. The largest absolute Gasteiger partial charge is 0.497 e. The SMILES string of the molecule is COc1ccc(NC(=O)CSc2nnc(CN3CCCC3)n2Cc2ccccc2)cc1. The van der Waals surface area contributed by atoms with Crippen molar-refractivity contribution in [1.82, 2.24) is 19.7 Å². The van der Waals surface area contributed by atoms with E-state index in [1.807, 2.05) is 42.5 Å². The standard InChI is InChI=1S/C23H27N5O2S/c1-30-20-11-9-19(10-12-20)24-22(29)17-31-23-26-25-21(16-27-13-5-6-14-27)28(23)15-18-7-3-2-4-8-18/h2-4,7-12H,5-6,13-17H2,1H3,(H,24,29). The molecule has 1 fully saturated rings. The predicted octanol–water partition coefficient (Wildman–Crippen LogP) is 3.66. The van der Waals surface area contributed by atoms with Gasteiger partial charge in [-0.2, -0.15) is 0 Å². The Morgan fingerprint density at radius 1 is 1.03 bits per heavy atom. The third kappa shape index (κ3) is 5.86. The first-order valence-corrected chi connectivity index (χ1v) is 11.4. The number of carbonyl (C=O) groups excluding carboxylic acids is 1.